The Kier molecular flexibility index (Phi) is 11.2. The summed E-state index contributed by atoms with van der Waals surface area (Å²) >= 11 is 0. The van der Waals surface area contributed by atoms with Gasteiger partial charge >= 0.3 is 0 Å². The van der Waals surface area contributed by atoms with Gasteiger partial charge in [0.2, 0.25) is 17.7 Å². The summed E-state index contributed by atoms with van der Waals surface area (Å²) in [5.41, 5.74) is 0.606. The second kappa shape index (κ2) is 14.1. The third-order valence-corrected chi connectivity index (χ3v) is 7.18. The van der Waals surface area contributed by atoms with E-state index in [4.69, 9.17) is 4.74 Å². The van der Waals surface area contributed by atoms with E-state index in [1.54, 1.807) is 0 Å². The fourth-order valence-electron chi connectivity index (χ4n) is 5.26. The van der Waals surface area contributed by atoms with Crippen LogP contribution in [0.15, 0.2) is 24.3 Å². The van der Waals surface area contributed by atoms with Crippen LogP contribution >= 0.6 is 0 Å². The number of carbonyl (C=O) groups is 3. The summed E-state index contributed by atoms with van der Waals surface area (Å²) in [5, 5.41) is 20.5. The number of β-amino-alcohol motifs (C(OH)–C–C–N with tert-alkyl or cyclic N) is 1. The number of likely N-dealkylation sites (tertiary alicyclic amines) is 1. The predicted molar refractivity (Wildman–Crippen MR) is 151 cm³/mol. The molecule has 3 amide bonds. The Labute approximate surface area is 233 Å². The Morgan fingerprint density at radius 3 is 2.51 bits per heavy atom. The molecule has 9 heteroatoms. The number of aliphatic hydroxyl groups is 1. The van der Waals surface area contributed by atoms with Crippen molar-refractivity contribution in [2.24, 2.45) is 5.92 Å². The van der Waals surface area contributed by atoms with Gasteiger partial charge in [0, 0.05) is 18.5 Å². The molecule has 0 spiro atoms. The zero-order chi connectivity index (χ0) is 28.6. The number of amides is 3. The fourth-order valence-corrected chi connectivity index (χ4v) is 5.26. The quantitative estimate of drug-likeness (QED) is 0.437. The molecule has 3 aliphatic rings. The van der Waals surface area contributed by atoms with Crippen molar-refractivity contribution in [3.63, 3.8) is 0 Å². The van der Waals surface area contributed by atoms with Gasteiger partial charge in [-0.05, 0) is 83.0 Å². The maximum atomic E-state index is 13.5. The Morgan fingerprint density at radius 1 is 1.13 bits per heavy atom. The summed E-state index contributed by atoms with van der Waals surface area (Å²) in [4.78, 5) is 41.2. The lowest BCUT2D eigenvalue weighted by Crippen LogP contribution is -2.58. The van der Waals surface area contributed by atoms with Gasteiger partial charge in [-0.3, -0.25) is 19.3 Å². The Hall–Kier alpha value is -2.65. The predicted octanol–water partition coefficient (Wildman–Crippen LogP) is 2.55. The number of piperidine rings is 1. The van der Waals surface area contributed by atoms with Gasteiger partial charge in [0.05, 0.1) is 24.8 Å². The SMILES string of the molecule is CC(C)CC1NC(=O)CCCOc2ccc(cc2)CC(C(O)CN2CCCCC2C(=O)NC(C)(C)C)NC1=O. The zero-order valence-corrected chi connectivity index (χ0v) is 24.3. The maximum Gasteiger partial charge on any atom is 0.242 e. The Balaban J connectivity index is 1.82. The van der Waals surface area contributed by atoms with Gasteiger partial charge in [-0.25, -0.2) is 0 Å². The number of aliphatic hydroxyl groups excluding tert-OH is 1. The summed E-state index contributed by atoms with van der Waals surface area (Å²) in [5.74, 6) is 0.383. The van der Waals surface area contributed by atoms with E-state index in [0.717, 1.165) is 24.8 Å². The van der Waals surface area contributed by atoms with E-state index in [0.29, 0.717) is 38.2 Å². The van der Waals surface area contributed by atoms with Crippen LogP contribution in [0.5, 0.6) is 5.75 Å². The molecule has 0 aromatic heterocycles. The van der Waals surface area contributed by atoms with Crippen molar-refractivity contribution in [2.75, 3.05) is 19.7 Å². The van der Waals surface area contributed by atoms with Gasteiger partial charge < -0.3 is 25.8 Å². The van der Waals surface area contributed by atoms with Crippen molar-refractivity contribution < 1.29 is 24.2 Å². The third kappa shape index (κ3) is 10.1. The van der Waals surface area contributed by atoms with E-state index in [1.807, 2.05) is 63.8 Å². The highest BCUT2D eigenvalue weighted by Crippen LogP contribution is 2.21. The van der Waals surface area contributed by atoms with Crippen LogP contribution in [0.2, 0.25) is 0 Å². The molecule has 1 aromatic carbocycles. The van der Waals surface area contributed by atoms with Crippen LogP contribution in [-0.2, 0) is 20.8 Å². The van der Waals surface area contributed by atoms with Crippen LogP contribution < -0.4 is 20.7 Å². The minimum absolute atomic E-state index is 0.0317. The van der Waals surface area contributed by atoms with Crippen molar-refractivity contribution in [2.45, 2.75) is 109 Å². The van der Waals surface area contributed by atoms with Gasteiger partial charge in [0.25, 0.3) is 0 Å². The molecule has 4 N–H and O–H groups in total. The summed E-state index contributed by atoms with van der Waals surface area (Å²) in [6, 6.07) is 6.01. The lowest BCUT2D eigenvalue weighted by Gasteiger charge is -2.39. The number of ether oxygens (including phenoxy) is 1. The van der Waals surface area contributed by atoms with E-state index >= 15 is 0 Å². The van der Waals surface area contributed by atoms with Gasteiger partial charge in [-0.15, -0.1) is 0 Å². The molecule has 3 aliphatic heterocycles. The second-order valence-electron chi connectivity index (χ2n) is 12.5. The normalized spacial score (nSPS) is 24.6. The number of fused-ring (bicyclic) bond motifs is 12. The van der Waals surface area contributed by atoms with Crippen molar-refractivity contribution >= 4 is 17.7 Å². The molecule has 1 saturated heterocycles. The highest BCUT2D eigenvalue weighted by molar-refractivity contribution is 5.87. The molecule has 39 heavy (non-hydrogen) atoms. The highest BCUT2D eigenvalue weighted by atomic mass is 16.5. The van der Waals surface area contributed by atoms with Crippen molar-refractivity contribution in [3.05, 3.63) is 29.8 Å². The molecular weight excluding hydrogens is 496 g/mol. The van der Waals surface area contributed by atoms with Crippen molar-refractivity contribution in [1.82, 2.24) is 20.9 Å². The summed E-state index contributed by atoms with van der Waals surface area (Å²) in [7, 11) is 0. The van der Waals surface area contributed by atoms with Gasteiger partial charge in [-0.1, -0.05) is 32.4 Å². The first-order valence-corrected chi connectivity index (χ1v) is 14.5. The largest absolute Gasteiger partial charge is 0.494 e. The molecule has 0 aliphatic carbocycles. The first kappa shape index (κ1) is 30.9. The zero-order valence-electron chi connectivity index (χ0n) is 24.3. The van der Waals surface area contributed by atoms with Crippen molar-refractivity contribution in [3.8, 4) is 5.75 Å². The Morgan fingerprint density at radius 2 is 1.85 bits per heavy atom. The first-order chi connectivity index (χ1) is 18.4. The molecule has 1 fully saturated rings. The summed E-state index contributed by atoms with van der Waals surface area (Å²) < 4.78 is 5.78. The minimum atomic E-state index is -0.918. The number of nitrogens with one attached hydrogen (secondary N) is 3. The van der Waals surface area contributed by atoms with E-state index in [9.17, 15) is 19.5 Å². The van der Waals surface area contributed by atoms with Gasteiger partial charge in [0.1, 0.15) is 11.8 Å². The number of hydrogen-bond donors (Lipinski definition) is 4. The molecule has 1 aromatic rings. The maximum absolute atomic E-state index is 13.5. The second-order valence-corrected chi connectivity index (χ2v) is 12.5. The molecule has 9 nitrogen and oxygen atoms in total. The van der Waals surface area contributed by atoms with E-state index in [-0.39, 0.29) is 48.2 Å². The van der Waals surface area contributed by atoms with Crippen LogP contribution in [0, 0.1) is 5.92 Å². The van der Waals surface area contributed by atoms with Crippen LogP contribution in [-0.4, -0.2) is 77.2 Å². The first-order valence-electron chi connectivity index (χ1n) is 14.5. The molecule has 3 heterocycles. The topological polar surface area (TPSA) is 120 Å². The molecule has 0 radical (unpaired) electrons. The van der Waals surface area contributed by atoms with E-state index in [2.05, 4.69) is 16.0 Å². The molecule has 4 atom stereocenters. The fraction of sp³-hybridized carbons (Fsp3) is 0.700. The number of carbonyl (C=O) groups excluding carboxylic acids is 3. The monoisotopic (exact) mass is 544 g/mol. The van der Waals surface area contributed by atoms with Crippen LogP contribution in [0.3, 0.4) is 0 Å². The number of hydrogen-bond acceptors (Lipinski definition) is 6. The molecule has 4 unspecified atom stereocenters. The standard InChI is InChI=1S/C30H48N4O5/c1-20(2)17-24-28(37)32-23(18-21-11-13-22(14-12-21)39-16-8-10-27(36)31-24)26(35)19-34-15-7-6-9-25(34)29(38)33-30(3,4)5/h11-14,20,23-26,35H,6-10,15-19H2,1-5H3,(H,31,36)(H,32,37)(H,33,38). The Bertz CT molecular complexity index is 959. The molecular formula is C30H48N4O5. The van der Waals surface area contributed by atoms with Gasteiger partial charge in [0.15, 0.2) is 0 Å². The lowest BCUT2D eigenvalue weighted by molar-refractivity contribution is -0.131. The lowest BCUT2D eigenvalue weighted by atomic mass is 9.96. The van der Waals surface area contributed by atoms with Gasteiger partial charge in [-0.2, -0.15) is 0 Å². The average molecular weight is 545 g/mol. The number of rotatable bonds is 6. The summed E-state index contributed by atoms with van der Waals surface area (Å²) in [6.07, 6.45) is 3.43. The van der Waals surface area contributed by atoms with Crippen LogP contribution in [0.1, 0.15) is 78.7 Å². The van der Waals surface area contributed by atoms with Crippen molar-refractivity contribution in [1.29, 1.82) is 0 Å². The molecule has 2 bridgehead atoms. The molecule has 218 valence electrons. The smallest absolute Gasteiger partial charge is 0.242 e. The molecule has 4 rings (SSSR count). The minimum Gasteiger partial charge on any atom is -0.494 e. The average Bonchev–Trinajstić information content (AvgIpc) is 2.85. The van der Waals surface area contributed by atoms with Crippen LogP contribution in [0.4, 0.5) is 0 Å². The number of benzene rings is 1. The van der Waals surface area contributed by atoms with Crippen LogP contribution in [0.25, 0.3) is 0 Å². The third-order valence-electron chi connectivity index (χ3n) is 7.18. The molecule has 0 saturated carbocycles. The highest BCUT2D eigenvalue weighted by Gasteiger charge is 2.34. The summed E-state index contributed by atoms with van der Waals surface area (Å²) in [6.45, 7) is 11.3. The number of nitrogens with zero attached hydrogens (tertiary/aromatic N) is 1. The van der Waals surface area contributed by atoms with E-state index < -0.39 is 18.2 Å². The van der Waals surface area contributed by atoms with E-state index in [1.165, 1.54) is 0 Å².